The first kappa shape index (κ1) is 10.0. The van der Waals surface area contributed by atoms with E-state index in [1.54, 1.807) is 6.07 Å². The number of nitro benzene ring substituents is 1. The maximum atomic E-state index is 10.4. The van der Waals surface area contributed by atoms with Gasteiger partial charge in [0.05, 0.1) is 4.92 Å². The summed E-state index contributed by atoms with van der Waals surface area (Å²) < 4.78 is 1.12. The SMILES string of the molecule is O=[N+]([O-])c1ccc(Br)c(S)c1Br. The summed E-state index contributed by atoms with van der Waals surface area (Å²) in [6.07, 6.45) is 0. The van der Waals surface area contributed by atoms with Crippen LogP contribution in [0.2, 0.25) is 0 Å². The molecule has 0 aliphatic heterocycles. The fourth-order valence-electron chi connectivity index (χ4n) is 0.671. The quantitative estimate of drug-likeness (QED) is 0.490. The minimum Gasteiger partial charge on any atom is -0.258 e. The van der Waals surface area contributed by atoms with E-state index in [0.717, 1.165) is 4.47 Å². The Bertz CT molecular complexity index is 343. The van der Waals surface area contributed by atoms with Gasteiger partial charge in [-0.2, -0.15) is 0 Å². The minimum absolute atomic E-state index is 0.0169. The summed E-state index contributed by atoms with van der Waals surface area (Å²) in [5.41, 5.74) is 0.0169. The molecule has 64 valence electrons. The van der Waals surface area contributed by atoms with Crippen LogP contribution in [-0.2, 0) is 0 Å². The van der Waals surface area contributed by atoms with Crippen LogP contribution in [0.25, 0.3) is 0 Å². The van der Waals surface area contributed by atoms with Crippen molar-refractivity contribution >= 4 is 50.2 Å². The van der Waals surface area contributed by atoms with Crippen molar-refractivity contribution in [3.05, 3.63) is 31.2 Å². The van der Waals surface area contributed by atoms with Gasteiger partial charge in [0.25, 0.3) is 5.69 Å². The molecular weight excluding hydrogens is 310 g/mol. The maximum Gasteiger partial charge on any atom is 0.284 e. The second-order valence-electron chi connectivity index (χ2n) is 1.99. The van der Waals surface area contributed by atoms with Gasteiger partial charge in [-0.1, -0.05) is 0 Å². The van der Waals surface area contributed by atoms with E-state index in [1.165, 1.54) is 6.07 Å². The van der Waals surface area contributed by atoms with Crippen molar-refractivity contribution in [1.82, 2.24) is 0 Å². The highest BCUT2D eigenvalue weighted by Gasteiger charge is 2.15. The molecule has 0 saturated carbocycles. The molecule has 0 N–H and O–H groups in total. The number of benzene rings is 1. The van der Waals surface area contributed by atoms with Crippen LogP contribution < -0.4 is 0 Å². The zero-order chi connectivity index (χ0) is 9.30. The zero-order valence-electron chi connectivity index (χ0n) is 5.62. The molecular formula is C6H3Br2NO2S. The van der Waals surface area contributed by atoms with Crippen LogP contribution in [0.15, 0.2) is 26.0 Å². The summed E-state index contributed by atoms with van der Waals surface area (Å²) in [7, 11) is 0. The van der Waals surface area contributed by atoms with Crippen molar-refractivity contribution in [2.24, 2.45) is 0 Å². The zero-order valence-corrected chi connectivity index (χ0v) is 9.69. The monoisotopic (exact) mass is 311 g/mol. The lowest BCUT2D eigenvalue weighted by atomic mass is 10.3. The highest BCUT2D eigenvalue weighted by atomic mass is 79.9. The first-order valence-corrected chi connectivity index (χ1v) is 4.88. The lowest BCUT2D eigenvalue weighted by Crippen LogP contribution is -1.89. The van der Waals surface area contributed by atoms with Crippen molar-refractivity contribution in [1.29, 1.82) is 0 Å². The lowest BCUT2D eigenvalue weighted by Gasteiger charge is -2.00. The molecule has 12 heavy (non-hydrogen) atoms. The molecule has 0 aliphatic rings. The Labute approximate surface area is 91.0 Å². The standard InChI is InChI=1S/C6H3Br2NO2S/c7-3-1-2-4(9(10)11)5(8)6(3)12/h1-2,12H. The Morgan fingerprint density at radius 2 is 2.00 bits per heavy atom. The largest absolute Gasteiger partial charge is 0.284 e. The Kier molecular flexibility index (Phi) is 3.14. The number of halogens is 2. The molecule has 0 amide bonds. The number of nitrogens with zero attached hydrogens (tertiary/aromatic N) is 1. The molecule has 0 atom stereocenters. The van der Waals surface area contributed by atoms with Gasteiger partial charge in [0.2, 0.25) is 0 Å². The number of hydrogen-bond donors (Lipinski definition) is 1. The molecule has 1 aromatic carbocycles. The molecule has 0 saturated heterocycles. The van der Waals surface area contributed by atoms with Gasteiger partial charge in [0, 0.05) is 15.4 Å². The van der Waals surface area contributed by atoms with Crippen molar-refractivity contribution in [2.75, 3.05) is 0 Å². The molecule has 0 spiro atoms. The van der Waals surface area contributed by atoms with Crippen molar-refractivity contribution in [3.8, 4) is 0 Å². The number of nitro groups is 1. The highest BCUT2D eigenvalue weighted by Crippen LogP contribution is 2.35. The topological polar surface area (TPSA) is 43.1 Å². The maximum absolute atomic E-state index is 10.4. The van der Waals surface area contributed by atoms with Crippen LogP contribution >= 0.6 is 44.5 Å². The van der Waals surface area contributed by atoms with Crippen LogP contribution in [0.1, 0.15) is 0 Å². The van der Waals surface area contributed by atoms with E-state index in [-0.39, 0.29) is 5.69 Å². The van der Waals surface area contributed by atoms with E-state index in [2.05, 4.69) is 44.5 Å². The summed E-state index contributed by atoms with van der Waals surface area (Å²) in [6.45, 7) is 0. The van der Waals surface area contributed by atoms with E-state index in [4.69, 9.17) is 0 Å². The Hall–Kier alpha value is -0.0700. The number of hydrogen-bond acceptors (Lipinski definition) is 3. The summed E-state index contributed by atoms with van der Waals surface area (Å²) in [5.74, 6) is 0. The van der Waals surface area contributed by atoms with Crippen LogP contribution in [-0.4, -0.2) is 4.92 Å². The van der Waals surface area contributed by atoms with E-state index >= 15 is 0 Å². The molecule has 0 heterocycles. The van der Waals surface area contributed by atoms with Crippen LogP contribution in [0.4, 0.5) is 5.69 Å². The van der Waals surface area contributed by atoms with Crippen molar-refractivity contribution in [2.45, 2.75) is 4.90 Å². The molecule has 0 unspecified atom stereocenters. The van der Waals surface area contributed by atoms with Gasteiger partial charge in [-0.15, -0.1) is 12.6 Å². The summed E-state index contributed by atoms with van der Waals surface area (Å²) in [5, 5.41) is 10.4. The second-order valence-corrected chi connectivity index (χ2v) is 4.08. The van der Waals surface area contributed by atoms with Crippen LogP contribution in [0.3, 0.4) is 0 Å². The Morgan fingerprint density at radius 1 is 1.42 bits per heavy atom. The van der Waals surface area contributed by atoms with Crippen LogP contribution in [0, 0.1) is 10.1 Å². The Morgan fingerprint density at radius 3 is 2.50 bits per heavy atom. The van der Waals surface area contributed by atoms with Gasteiger partial charge in [0.15, 0.2) is 0 Å². The number of rotatable bonds is 1. The molecule has 0 fully saturated rings. The van der Waals surface area contributed by atoms with Gasteiger partial charge in [-0.05, 0) is 37.9 Å². The molecule has 1 rings (SSSR count). The molecule has 6 heteroatoms. The fourth-order valence-corrected chi connectivity index (χ4v) is 1.95. The number of thiol groups is 1. The van der Waals surface area contributed by atoms with E-state index in [0.29, 0.717) is 9.37 Å². The first-order chi connectivity index (χ1) is 5.54. The fraction of sp³-hybridized carbons (Fsp3) is 0. The summed E-state index contributed by atoms with van der Waals surface area (Å²) in [4.78, 5) is 10.5. The van der Waals surface area contributed by atoms with Gasteiger partial charge < -0.3 is 0 Å². The first-order valence-electron chi connectivity index (χ1n) is 2.85. The van der Waals surface area contributed by atoms with Crippen molar-refractivity contribution in [3.63, 3.8) is 0 Å². The Balaban J connectivity index is 3.36. The average Bonchev–Trinajstić information content (AvgIpc) is 2.00. The third-order valence-electron chi connectivity index (χ3n) is 1.24. The smallest absolute Gasteiger partial charge is 0.258 e. The van der Waals surface area contributed by atoms with Gasteiger partial charge in [0.1, 0.15) is 4.47 Å². The molecule has 0 aliphatic carbocycles. The predicted octanol–water partition coefficient (Wildman–Crippen LogP) is 3.41. The molecule has 1 aromatic rings. The van der Waals surface area contributed by atoms with E-state index in [1.807, 2.05) is 0 Å². The van der Waals surface area contributed by atoms with Crippen molar-refractivity contribution < 1.29 is 4.92 Å². The highest BCUT2D eigenvalue weighted by molar-refractivity contribution is 9.11. The third-order valence-corrected chi connectivity index (χ3v) is 3.78. The molecule has 0 radical (unpaired) electrons. The van der Waals surface area contributed by atoms with E-state index < -0.39 is 4.92 Å². The lowest BCUT2D eigenvalue weighted by molar-refractivity contribution is -0.385. The van der Waals surface area contributed by atoms with Crippen LogP contribution in [0.5, 0.6) is 0 Å². The minimum atomic E-state index is -0.462. The summed E-state index contributed by atoms with van der Waals surface area (Å²) in [6, 6.07) is 3.00. The normalized spacial score (nSPS) is 9.92. The van der Waals surface area contributed by atoms with Gasteiger partial charge >= 0.3 is 0 Å². The van der Waals surface area contributed by atoms with E-state index in [9.17, 15) is 10.1 Å². The van der Waals surface area contributed by atoms with Gasteiger partial charge in [-0.3, -0.25) is 10.1 Å². The molecule has 0 bridgehead atoms. The molecule has 3 nitrogen and oxygen atoms in total. The average molecular weight is 313 g/mol. The second kappa shape index (κ2) is 3.76. The van der Waals surface area contributed by atoms with Gasteiger partial charge in [-0.25, -0.2) is 0 Å². The summed E-state index contributed by atoms with van der Waals surface area (Å²) >= 11 is 10.4. The molecule has 0 aromatic heterocycles. The predicted molar refractivity (Wildman–Crippen MR) is 55.7 cm³/mol. The third kappa shape index (κ3) is 1.81.